The lowest BCUT2D eigenvalue weighted by molar-refractivity contribution is 0.292. The highest BCUT2D eigenvalue weighted by atomic mass is 35.5. The summed E-state index contributed by atoms with van der Waals surface area (Å²) in [6, 6.07) is 5.37. The van der Waals surface area contributed by atoms with Crippen molar-refractivity contribution in [2.45, 2.75) is 6.54 Å². The molecular weight excluding hydrogens is 209 g/mol. The zero-order valence-corrected chi connectivity index (χ0v) is 8.57. The van der Waals surface area contributed by atoms with Crippen molar-refractivity contribution in [3.63, 3.8) is 0 Å². The molecule has 0 fully saturated rings. The first kappa shape index (κ1) is 10.8. The summed E-state index contributed by atoms with van der Waals surface area (Å²) >= 11 is 11.7. The summed E-state index contributed by atoms with van der Waals surface area (Å²) in [6.45, 7) is 1.35. The summed E-state index contributed by atoms with van der Waals surface area (Å²) in [6.07, 6.45) is 0. The first-order chi connectivity index (χ1) is 6.24. The average molecular weight is 220 g/mol. The predicted molar refractivity (Wildman–Crippen MR) is 55.3 cm³/mol. The maximum atomic E-state index is 8.54. The van der Waals surface area contributed by atoms with Crippen molar-refractivity contribution in [3.8, 4) is 0 Å². The monoisotopic (exact) mass is 219 g/mol. The first-order valence-corrected chi connectivity index (χ1v) is 4.75. The van der Waals surface area contributed by atoms with Gasteiger partial charge in [-0.2, -0.15) is 0 Å². The second-order valence-corrected chi connectivity index (χ2v) is 3.48. The van der Waals surface area contributed by atoms with E-state index in [4.69, 9.17) is 28.3 Å². The zero-order chi connectivity index (χ0) is 9.68. The van der Waals surface area contributed by atoms with Gasteiger partial charge in [0, 0.05) is 23.1 Å². The van der Waals surface area contributed by atoms with Crippen LogP contribution in [0.3, 0.4) is 0 Å². The Kier molecular flexibility index (Phi) is 4.53. The zero-order valence-electron chi connectivity index (χ0n) is 7.06. The van der Waals surface area contributed by atoms with Crippen LogP contribution in [0.25, 0.3) is 0 Å². The summed E-state index contributed by atoms with van der Waals surface area (Å²) in [7, 11) is 0. The summed E-state index contributed by atoms with van der Waals surface area (Å²) < 4.78 is 0. The molecule has 72 valence electrons. The minimum absolute atomic E-state index is 0.130. The molecule has 0 aliphatic heterocycles. The Bertz CT molecular complexity index is 278. The SMILES string of the molecule is OCCNCc1ccc(Cl)cc1Cl. The summed E-state index contributed by atoms with van der Waals surface area (Å²) in [5, 5.41) is 12.9. The van der Waals surface area contributed by atoms with Crippen LogP contribution in [0.15, 0.2) is 18.2 Å². The fourth-order valence-electron chi connectivity index (χ4n) is 0.967. The molecular formula is C9H11Cl2NO. The molecule has 0 aliphatic rings. The number of hydrogen-bond donors (Lipinski definition) is 2. The van der Waals surface area contributed by atoms with Crippen LogP contribution in [0.2, 0.25) is 10.0 Å². The second-order valence-electron chi connectivity index (χ2n) is 2.64. The van der Waals surface area contributed by atoms with E-state index in [-0.39, 0.29) is 6.61 Å². The van der Waals surface area contributed by atoms with Crippen molar-refractivity contribution in [3.05, 3.63) is 33.8 Å². The predicted octanol–water partition coefficient (Wildman–Crippen LogP) is 2.08. The molecule has 0 atom stereocenters. The number of nitrogens with one attached hydrogen (secondary N) is 1. The number of halogens is 2. The van der Waals surface area contributed by atoms with E-state index >= 15 is 0 Å². The first-order valence-electron chi connectivity index (χ1n) is 3.99. The molecule has 0 radical (unpaired) electrons. The van der Waals surface area contributed by atoms with Gasteiger partial charge in [0.25, 0.3) is 0 Å². The molecule has 1 rings (SSSR count). The molecule has 0 aromatic heterocycles. The molecule has 2 N–H and O–H groups in total. The van der Waals surface area contributed by atoms with Crippen molar-refractivity contribution >= 4 is 23.2 Å². The fourth-order valence-corrected chi connectivity index (χ4v) is 1.44. The molecule has 0 aliphatic carbocycles. The van der Waals surface area contributed by atoms with E-state index in [1.54, 1.807) is 12.1 Å². The molecule has 0 spiro atoms. The minimum Gasteiger partial charge on any atom is -0.395 e. The fraction of sp³-hybridized carbons (Fsp3) is 0.333. The van der Waals surface area contributed by atoms with Crippen molar-refractivity contribution in [1.29, 1.82) is 0 Å². The van der Waals surface area contributed by atoms with Gasteiger partial charge in [-0.05, 0) is 17.7 Å². The Hall–Kier alpha value is -0.280. The van der Waals surface area contributed by atoms with Crippen LogP contribution in [-0.4, -0.2) is 18.3 Å². The topological polar surface area (TPSA) is 32.3 Å². The van der Waals surface area contributed by atoms with Crippen LogP contribution in [0.5, 0.6) is 0 Å². The Labute approximate surface area is 87.5 Å². The van der Waals surface area contributed by atoms with Gasteiger partial charge >= 0.3 is 0 Å². The minimum atomic E-state index is 0.130. The van der Waals surface area contributed by atoms with Gasteiger partial charge in [0.15, 0.2) is 0 Å². The van der Waals surface area contributed by atoms with E-state index in [2.05, 4.69) is 5.32 Å². The van der Waals surface area contributed by atoms with Gasteiger partial charge in [-0.25, -0.2) is 0 Å². The van der Waals surface area contributed by atoms with Crippen LogP contribution in [0, 0.1) is 0 Å². The number of aliphatic hydroxyl groups excluding tert-OH is 1. The molecule has 0 saturated carbocycles. The quantitative estimate of drug-likeness (QED) is 0.761. The lowest BCUT2D eigenvalue weighted by atomic mass is 10.2. The molecule has 2 nitrogen and oxygen atoms in total. The summed E-state index contributed by atoms with van der Waals surface area (Å²) in [5.41, 5.74) is 0.986. The number of hydrogen-bond acceptors (Lipinski definition) is 2. The molecule has 0 unspecified atom stereocenters. The Balaban J connectivity index is 2.56. The number of aliphatic hydroxyl groups is 1. The number of rotatable bonds is 4. The third-order valence-corrected chi connectivity index (χ3v) is 2.21. The van der Waals surface area contributed by atoms with Gasteiger partial charge in [0.2, 0.25) is 0 Å². The van der Waals surface area contributed by atoms with Gasteiger partial charge in [-0.3, -0.25) is 0 Å². The summed E-state index contributed by atoms with van der Waals surface area (Å²) in [4.78, 5) is 0. The standard InChI is InChI=1S/C9H11Cl2NO/c10-8-2-1-7(9(11)5-8)6-12-3-4-13/h1-2,5,12-13H,3-4,6H2. The lowest BCUT2D eigenvalue weighted by Crippen LogP contribution is -2.17. The van der Waals surface area contributed by atoms with Gasteiger partial charge < -0.3 is 10.4 Å². The largest absolute Gasteiger partial charge is 0.395 e. The van der Waals surface area contributed by atoms with E-state index < -0.39 is 0 Å². The smallest absolute Gasteiger partial charge is 0.0556 e. The third kappa shape index (κ3) is 3.53. The Morgan fingerprint density at radius 3 is 2.69 bits per heavy atom. The van der Waals surface area contributed by atoms with E-state index in [1.807, 2.05) is 6.07 Å². The van der Waals surface area contributed by atoms with Crippen molar-refractivity contribution in [1.82, 2.24) is 5.32 Å². The molecule has 0 saturated heterocycles. The van der Waals surface area contributed by atoms with Gasteiger partial charge in [0.05, 0.1) is 6.61 Å². The van der Waals surface area contributed by atoms with Gasteiger partial charge in [-0.1, -0.05) is 29.3 Å². The van der Waals surface area contributed by atoms with E-state index in [9.17, 15) is 0 Å². The number of benzene rings is 1. The van der Waals surface area contributed by atoms with Crippen LogP contribution < -0.4 is 5.32 Å². The Morgan fingerprint density at radius 1 is 1.31 bits per heavy atom. The maximum Gasteiger partial charge on any atom is 0.0556 e. The molecule has 0 amide bonds. The normalized spacial score (nSPS) is 10.4. The summed E-state index contributed by atoms with van der Waals surface area (Å²) in [5.74, 6) is 0. The van der Waals surface area contributed by atoms with Crippen molar-refractivity contribution in [2.24, 2.45) is 0 Å². The molecule has 4 heteroatoms. The molecule has 1 aromatic rings. The molecule has 13 heavy (non-hydrogen) atoms. The second kappa shape index (κ2) is 5.45. The van der Waals surface area contributed by atoms with Crippen LogP contribution in [-0.2, 0) is 6.54 Å². The van der Waals surface area contributed by atoms with E-state index in [0.29, 0.717) is 23.1 Å². The van der Waals surface area contributed by atoms with Crippen LogP contribution in [0.1, 0.15) is 5.56 Å². The maximum absolute atomic E-state index is 8.54. The van der Waals surface area contributed by atoms with Crippen molar-refractivity contribution < 1.29 is 5.11 Å². The highest BCUT2D eigenvalue weighted by molar-refractivity contribution is 6.35. The van der Waals surface area contributed by atoms with Gasteiger partial charge in [0.1, 0.15) is 0 Å². The van der Waals surface area contributed by atoms with E-state index in [1.165, 1.54) is 0 Å². The Morgan fingerprint density at radius 2 is 2.08 bits per heavy atom. The van der Waals surface area contributed by atoms with Crippen LogP contribution >= 0.6 is 23.2 Å². The van der Waals surface area contributed by atoms with Crippen molar-refractivity contribution in [2.75, 3.05) is 13.2 Å². The average Bonchev–Trinajstić information content (AvgIpc) is 2.09. The highest BCUT2D eigenvalue weighted by Crippen LogP contribution is 2.20. The van der Waals surface area contributed by atoms with E-state index in [0.717, 1.165) is 5.56 Å². The highest BCUT2D eigenvalue weighted by Gasteiger charge is 1.99. The molecule has 0 bridgehead atoms. The van der Waals surface area contributed by atoms with Gasteiger partial charge in [-0.15, -0.1) is 0 Å². The molecule has 0 heterocycles. The van der Waals surface area contributed by atoms with Crippen LogP contribution in [0.4, 0.5) is 0 Å². The molecule has 1 aromatic carbocycles. The lowest BCUT2D eigenvalue weighted by Gasteiger charge is -2.05. The third-order valence-electron chi connectivity index (χ3n) is 1.62.